The van der Waals surface area contributed by atoms with Crippen LogP contribution in [0.4, 0.5) is 5.69 Å². The molecule has 0 N–H and O–H groups in total. The van der Waals surface area contributed by atoms with Gasteiger partial charge < -0.3 is 14.4 Å². The Balaban J connectivity index is 2.90. The fraction of sp³-hybridized carbons (Fsp3) is 0.400. The van der Waals surface area contributed by atoms with Crippen molar-refractivity contribution in [2.24, 2.45) is 0 Å². The molecule has 0 spiro atoms. The van der Waals surface area contributed by atoms with Crippen molar-refractivity contribution in [2.45, 2.75) is 27.2 Å². The van der Waals surface area contributed by atoms with Gasteiger partial charge in [-0.15, -0.1) is 0 Å². The van der Waals surface area contributed by atoms with Gasteiger partial charge in [0.25, 0.3) is 0 Å². The molecule has 21 heavy (non-hydrogen) atoms. The van der Waals surface area contributed by atoms with E-state index in [9.17, 15) is 14.4 Å². The van der Waals surface area contributed by atoms with Crippen LogP contribution in [0.25, 0.3) is 0 Å². The monoisotopic (exact) mass is 293 g/mol. The van der Waals surface area contributed by atoms with Crippen molar-refractivity contribution in [3.8, 4) is 5.75 Å². The summed E-state index contributed by atoms with van der Waals surface area (Å²) < 4.78 is 9.78. The number of carbonyl (C=O) groups is 3. The Morgan fingerprint density at radius 2 is 1.71 bits per heavy atom. The first-order valence-corrected chi connectivity index (χ1v) is 6.72. The summed E-state index contributed by atoms with van der Waals surface area (Å²) >= 11 is 0. The smallest absolute Gasteiger partial charge is 0.326 e. The fourth-order valence-corrected chi connectivity index (χ4v) is 1.71. The topological polar surface area (TPSA) is 72.9 Å². The zero-order chi connectivity index (χ0) is 15.8. The van der Waals surface area contributed by atoms with Crippen molar-refractivity contribution in [1.82, 2.24) is 0 Å². The van der Waals surface area contributed by atoms with Gasteiger partial charge in [0.1, 0.15) is 12.3 Å². The lowest BCUT2D eigenvalue weighted by Gasteiger charge is -2.21. The number of carbonyl (C=O) groups excluding carboxylic acids is 3. The largest absolute Gasteiger partial charge is 0.465 e. The predicted octanol–water partition coefficient (Wildman–Crippen LogP) is 1.92. The molecule has 0 fully saturated rings. The highest BCUT2D eigenvalue weighted by Gasteiger charge is 2.18. The second-order valence-corrected chi connectivity index (χ2v) is 4.23. The molecule has 1 rings (SSSR count). The van der Waals surface area contributed by atoms with Gasteiger partial charge in [0, 0.05) is 19.0 Å². The van der Waals surface area contributed by atoms with Crippen LogP contribution >= 0.6 is 0 Å². The first kappa shape index (κ1) is 16.7. The van der Waals surface area contributed by atoms with E-state index in [0.29, 0.717) is 11.4 Å². The lowest BCUT2D eigenvalue weighted by atomic mass is 10.2. The van der Waals surface area contributed by atoms with Crippen LogP contribution in [0.3, 0.4) is 0 Å². The number of amides is 1. The molecular formula is C15H19NO5. The van der Waals surface area contributed by atoms with Crippen molar-refractivity contribution in [1.29, 1.82) is 0 Å². The molecule has 0 aromatic heterocycles. The van der Waals surface area contributed by atoms with Crippen LogP contribution in [0, 0.1) is 0 Å². The van der Waals surface area contributed by atoms with Crippen LogP contribution in [0.1, 0.15) is 27.2 Å². The van der Waals surface area contributed by atoms with E-state index in [1.54, 1.807) is 38.1 Å². The number of anilines is 1. The molecule has 1 amide bonds. The average Bonchev–Trinajstić information content (AvgIpc) is 2.44. The maximum atomic E-state index is 11.9. The summed E-state index contributed by atoms with van der Waals surface area (Å²) in [5, 5.41) is 0. The lowest BCUT2D eigenvalue weighted by Crippen LogP contribution is -2.36. The van der Waals surface area contributed by atoms with E-state index >= 15 is 0 Å². The van der Waals surface area contributed by atoms with Gasteiger partial charge in [-0.3, -0.25) is 14.4 Å². The highest BCUT2D eigenvalue weighted by Crippen LogP contribution is 2.20. The van der Waals surface area contributed by atoms with E-state index in [-0.39, 0.29) is 25.5 Å². The molecule has 0 aliphatic heterocycles. The number of hydrogen-bond acceptors (Lipinski definition) is 5. The molecular weight excluding hydrogens is 274 g/mol. The molecule has 114 valence electrons. The van der Waals surface area contributed by atoms with Gasteiger partial charge in [-0.05, 0) is 31.2 Å². The van der Waals surface area contributed by atoms with Crippen molar-refractivity contribution >= 4 is 23.5 Å². The van der Waals surface area contributed by atoms with E-state index < -0.39 is 11.9 Å². The number of hydrogen-bond donors (Lipinski definition) is 0. The Morgan fingerprint density at radius 3 is 2.19 bits per heavy atom. The van der Waals surface area contributed by atoms with Gasteiger partial charge in [-0.2, -0.15) is 0 Å². The third-order valence-corrected chi connectivity index (χ3v) is 2.61. The van der Waals surface area contributed by atoms with Crippen LogP contribution < -0.4 is 9.64 Å². The van der Waals surface area contributed by atoms with Gasteiger partial charge in [-0.1, -0.05) is 6.92 Å². The molecule has 0 atom stereocenters. The number of benzene rings is 1. The zero-order valence-electron chi connectivity index (χ0n) is 12.4. The summed E-state index contributed by atoms with van der Waals surface area (Å²) in [4.78, 5) is 35.7. The molecule has 1 aromatic rings. The minimum Gasteiger partial charge on any atom is -0.465 e. The Kier molecular flexibility index (Phi) is 6.39. The minimum absolute atomic E-state index is 0.145. The predicted molar refractivity (Wildman–Crippen MR) is 77.0 cm³/mol. The number of rotatable bonds is 6. The van der Waals surface area contributed by atoms with E-state index in [2.05, 4.69) is 0 Å². The summed E-state index contributed by atoms with van der Waals surface area (Å²) in [5.74, 6) is -0.700. The first-order chi connectivity index (χ1) is 9.97. The standard InChI is InChI=1S/C15H19NO5/c1-4-14(18)16(10-15(19)20-5-2)12-6-8-13(9-7-12)21-11(3)17/h6-9H,4-5,10H2,1-3H3. The second-order valence-electron chi connectivity index (χ2n) is 4.23. The van der Waals surface area contributed by atoms with Crippen LogP contribution in [-0.4, -0.2) is 31.0 Å². The van der Waals surface area contributed by atoms with Gasteiger partial charge in [-0.25, -0.2) is 0 Å². The van der Waals surface area contributed by atoms with E-state index in [1.165, 1.54) is 11.8 Å². The zero-order valence-corrected chi connectivity index (χ0v) is 12.4. The van der Waals surface area contributed by atoms with Crippen LogP contribution in [0.2, 0.25) is 0 Å². The Morgan fingerprint density at radius 1 is 1.10 bits per heavy atom. The van der Waals surface area contributed by atoms with Gasteiger partial charge in [0.15, 0.2) is 0 Å². The van der Waals surface area contributed by atoms with Gasteiger partial charge in [0.05, 0.1) is 6.61 Å². The lowest BCUT2D eigenvalue weighted by molar-refractivity contribution is -0.142. The molecule has 6 nitrogen and oxygen atoms in total. The van der Waals surface area contributed by atoms with Crippen LogP contribution in [0.5, 0.6) is 5.75 Å². The van der Waals surface area contributed by atoms with E-state index in [0.717, 1.165) is 0 Å². The Hall–Kier alpha value is -2.37. The molecule has 0 bridgehead atoms. The highest BCUT2D eigenvalue weighted by atomic mass is 16.5. The number of nitrogens with zero attached hydrogens (tertiary/aromatic N) is 1. The molecule has 1 aromatic carbocycles. The van der Waals surface area contributed by atoms with Gasteiger partial charge >= 0.3 is 11.9 Å². The normalized spacial score (nSPS) is 9.86. The third-order valence-electron chi connectivity index (χ3n) is 2.61. The average molecular weight is 293 g/mol. The third kappa shape index (κ3) is 5.25. The van der Waals surface area contributed by atoms with E-state index in [4.69, 9.17) is 9.47 Å². The molecule has 0 saturated carbocycles. The molecule has 0 aliphatic carbocycles. The first-order valence-electron chi connectivity index (χ1n) is 6.72. The summed E-state index contributed by atoms with van der Waals surface area (Å²) in [7, 11) is 0. The Bertz CT molecular complexity index is 509. The van der Waals surface area contributed by atoms with Crippen molar-refractivity contribution < 1.29 is 23.9 Å². The quantitative estimate of drug-likeness (QED) is 0.592. The fourth-order valence-electron chi connectivity index (χ4n) is 1.71. The minimum atomic E-state index is -0.469. The van der Waals surface area contributed by atoms with Crippen molar-refractivity contribution in [3.63, 3.8) is 0 Å². The van der Waals surface area contributed by atoms with Crippen molar-refractivity contribution in [2.75, 3.05) is 18.1 Å². The maximum absolute atomic E-state index is 11.9. The van der Waals surface area contributed by atoms with E-state index in [1.807, 2.05) is 0 Å². The summed E-state index contributed by atoms with van der Waals surface area (Å²) in [6.07, 6.45) is 0.269. The number of ether oxygens (including phenoxy) is 2. The maximum Gasteiger partial charge on any atom is 0.326 e. The molecule has 0 heterocycles. The molecule has 6 heteroatoms. The van der Waals surface area contributed by atoms with Crippen LogP contribution in [-0.2, 0) is 19.1 Å². The SMILES string of the molecule is CCOC(=O)CN(C(=O)CC)c1ccc(OC(C)=O)cc1. The summed E-state index contributed by atoms with van der Waals surface area (Å²) in [6, 6.07) is 6.37. The second kappa shape index (κ2) is 8.04. The molecule has 0 aliphatic rings. The molecule has 0 radical (unpaired) electrons. The molecule has 0 unspecified atom stereocenters. The van der Waals surface area contributed by atoms with Crippen molar-refractivity contribution in [3.05, 3.63) is 24.3 Å². The summed E-state index contributed by atoms with van der Waals surface area (Å²) in [6.45, 7) is 4.85. The number of esters is 2. The Labute approximate surface area is 123 Å². The summed E-state index contributed by atoms with van der Waals surface area (Å²) in [5.41, 5.74) is 0.547. The highest BCUT2D eigenvalue weighted by molar-refractivity contribution is 5.97. The van der Waals surface area contributed by atoms with Crippen LogP contribution in [0.15, 0.2) is 24.3 Å². The van der Waals surface area contributed by atoms with Gasteiger partial charge in [0.2, 0.25) is 5.91 Å². The molecule has 0 saturated heterocycles.